The Labute approximate surface area is 235 Å². The third kappa shape index (κ3) is 7.43. The van der Waals surface area contributed by atoms with Gasteiger partial charge in [-0.15, -0.1) is 0 Å². The highest BCUT2D eigenvalue weighted by molar-refractivity contribution is 6.00. The molecule has 2 amide bonds. The average Bonchev–Trinajstić information content (AvgIpc) is 2.96. The fourth-order valence-corrected chi connectivity index (χ4v) is 4.10. The van der Waals surface area contributed by atoms with Gasteiger partial charge in [0.2, 0.25) is 0 Å². The van der Waals surface area contributed by atoms with E-state index in [2.05, 4.69) is 40.9 Å². The van der Waals surface area contributed by atoms with Crippen LogP contribution in [-0.4, -0.2) is 30.2 Å². The normalized spacial score (nSPS) is 10.9. The van der Waals surface area contributed by atoms with Crippen molar-refractivity contribution < 1.29 is 27.4 Å². The Balaban J connectivity index is 1.45. The van der Waals surface area contributed by atoms with Crippen LogP contribution >= 0.6 is 0 Å². The van der Waals surface area contributed by atoms with Crippen molar-refractivity contribution in [2.24, 2.45) is 0 Å². The maximum atomic E-state index is 14.8. The van der Waals surface area contributed by atoms with Crippen LogP contribution in [0.15, 0.2) is 60.8 Å². The number of carbonyl (C=O) groups is 1. The van der Waals surface area contributed by atoms with Crippen LogP contribution in [0, 0.1) is 28.8 Å². The molecule has 3 N–H and O–H groups in total. The first-order chi connectivity index (χ1) is 19.8. The number of nitriles is 1. The van der Waals surface area contributed by atoms with E-state index in [0.717, 1.165) is 31.0 Å². The van der Waals surface area contributed by atoms with Crippen LogP contribution in [0.3, 0.4) is 0 Å². The molecule has 0 atom stereocenters. The Kier molecular flexibility index (Phi) is 9.60. The van der Waals surface area contributed by atoms with Gasteiger partial charge in [-0.2, -0.15) is 5.26 Å². The highest BCUT2D eigenvalue weighted by Crippen LogP contribution is 2.34. The van der Waals surface area contributed by atoms with E-state index < -0.39 is 23.5 Å². The second kappa shape index (κ2) is 13.5. The highest BCUT2D eigenvalue weighted by atomic mass is 19.1. The molecule has 0 saturated heterocycles. The molecule has 1 heterocycles. The molecule has 3 aromatic carbocycles. The van der Waals surface area contributed by atoms with Crippen LogP contribution < -0.4 is 25.4 Å². The van der Waals surface area contributed by atoms with Crippen molar-refractivity contribution in [3.8, 4) is 23.3 Å². The van der Waals surface area contributed by atoms with E-state index in [1.165, 1.54) is 18.3 Å². The number of anilines is 2. The summed E-state index contributed by atoms with van der Waals surface area (Å²) in [6.07, 6.45) is 3.55. The molecule has 8 nitrogen and oxygen atoms in total. The van der Waals surface area contributed by atoms with E-state index in [1.807, 2.05) is 0 Å². The fraction of sp³-hybridized carbons (Fsp3) is 0.233. The third-order valence-corrected chi connectivity index (χ3v) is 6.30. The number of aromatic nitrogens is 1. The van der Waals surface area contributed by atoms with Crippen molar-refractivity contribution >= 4 is 28.3 Å². The molecule has 0 bridgehead atoms. The van der Waals surface area contributed by atoms with E-state index in [-0.39, 0.29) is 17.1 Å². The zero-order valence-electron chi connectivity index (χ0n) is 22.4. The molecule has 0 aliphatic carbocycles. The number of rotatable bonds is 11. The summed E-state index contributed by atoms with van der Waals surface area (Å²) in [6.45, 7) is 5.24. The summed E-state index contributed by atoms with van der Waals surface area (Å²) in [5.41, 5.74) is 0.363. The summed E-state index contributed by atoms with van der Waals surface area (Å²) in [7, 11) is 0. The van der Waals surface area contributed by atoms with E-state index in [9.17, 15) is 23.2 Å². The van der Waals surface area contributed by atoms with Gasteiger partial charge in [-0.25, -0.2) is 18.0 Å². The number of halogens is 3. The predicted molar refractivity (Wildman–Crippen MR) is 150 cm³/mol. The molecule has 0 aliphatic heterocycles. The van der Waals surface area contributed by atoms with Crippen molar-refractivity contribution in [3.63, 3.8) is 0 Å². The summed E-state index contributed by atoms with van der Waals surface area (Å²) in [4.78, 5) is 16.5. The van der Waals surface area contributed by atoms with Gasteiger partial charge in [-0.05, 0) is 49.2 Å². The number of nitrogens with one attached hydrogen (secondary N) is 3. The minimum absolute atomic E-state index is 0.122. The number of fused-ring (bicyclic) bond motifs is 1. The second-order valence-corrected chi connectivity index (χ2v) is 9.05. The van der Waals surface area contributed by atoms with Crippen molar-refractivity contribution in [3.05, 3.63) is 83.8 Å². The number of ether oxygens (including phenoxy) is 2. The maximum absolute atomic E-state index is 14.8. The topological polar surface area (TPSA) is 108 Å². The van der Waals surface area contributed by atoms with Gasteiger partial charge < -0.3 is 25.4 Å². The Morgan fingerprint density at radius 1 is 0.951 bits per heavy atom. The van der Waals surface area contributed by atoms with Crippen molar-refractivity contribution in [1.82, 2.24) is 10.3 Å². The van der Waals surface area contributed by atoms with Crippen molar-refractivity contribution in [2.45, 2.75) is 32.7 Å². The quantitative estimate of drug-likeness (QED) is 0.168. The van der Waals surface area contributed by atoms with Gasteiger partial charge in [0.1, 0.15) is 47.4 Å². The molecular formula is C30H28F3N5O3. The first-order valence-corrected chi connectivity index (χ1v) is 13.0. The molecular weight excluding hydrogens is 535 g/mol. The molecule has 0 unspecified atom stereocenters. The molecule has 212 valence electrons. The van der Waals surface area contributed by atoms with E-state index in [4.69, 9.17) is 9.47 Å². The van der Waals surface area contributed by atoms with Crippen LogP contribution in [-0.2, 0) is 0 Å². The number of benzene rings is 3. The first-order valence-electron chi connectivity index (χ1n) is 13.0. The molecule has 0 spiro atoms. The summed E-state index contributed by atoms with van der Waals surface area (Å²) in [5, 5.41) is 18.1. The average molecular weight is 564 g/mol. The van der Waals surface area contributed by atoms with Crippen LogP contribution in [0.1, 0.15) is 32.3 Å². The number of hydrogen-bond donors (Lipinski definition) is 3. The van der Waals surface area contributed by atoms with Gasteiger partial charge >= 0.3 is 6.03 Å². The Morgan fingerprint density at radius 3 is 2.32 bits per heavy atom. The number of hydrogen-bond acceptors (Lipinski definition) is 6. The fourth-order valence-electron chi connectivity index (χ4n) is 4.10. The van der Waals surface area contributed by atoms with Crippen LogP contribution in [0.25, 0.3) is 10.9 Å². The van der Waals surface area contributed by atoms with Crippen LogP contribution in [0.2, 0.25) is 0 Å². The van der Waals surface area contributed by atoms with Gasteiger partial charge in [0.25, 0.3) is 0 Å². The summed E-state index contributed by atoms with van der Waals surface area (Å²) in [5.74, 6) is -1.73. The van der Waals surface area contributed by atoms with E-state index in [0.29, 0.717) is 53.2 Å². The summed E-state index contributed by atoms with van der Waals surface area (Å²) < 4.78 is 53.4. The first kappa shape index (κ1) is 29.2. The van der Waals surface area contributed by atoms with Crippen molar-refractivity contribution in [2.75, 3.05) is 23.8 Å². The SMILES string of the molecule is CCC(CC)NCCOc1cc2nccc(Oc3ccc(NC(=O)Nc4ccc(F)cc4F)c(F)c3)c2cc1C#N. The number of amides is 2. The van der Waals surface area contributed by atoms with Gasteiger partial charge in [-0.3, -0.25) is 4.98 Å². The Hall–Kier alpha value is -4.82. The lowest BCUT2D eigenvalue weighted by Gasteiger charge is -2.16. The molecule has 41 heavy (non-hydrogen) atoms. The lowest BCUT2D eigenvalue weighted by molar-refractivity contribution is 0.262. The van der Waals surface area contributed by atoms with Crippen LogP contribution in [0.4, 0.5) is 29.3 Å². The molecule has 0 aliphatic rings. The predicted octanol–water partition coefficient (Wildman–Crippen LogP) is 7.12. The molecule has 0 fully saturated rings. The molecule has 4 rings (SSSR count). The maximum Gasteiger partial charge on any atom is 0.323 e. The van der Waals surface area contributed by atoms with Gasteiger partial charge in [-0.1, -0.05) is 13.8 Å². The molecule has 1 aromatic heterocycles. The minimum atomic E-state index is -0.971. The van der Waals surface area contributed by atoms with Gasteiger partial charge in [0, 0.05) is 42.4 Å². The minimum Gasteiger partial charge on any atom is -0.491 e. The number of pyridine rings is 1. The molecule has 0 radical (unpaired) electrons. The standard InChI is InChI=1S/C30H28F3N5O3/c1-3-20(4-2)35-11-12-40-29-16-27-22(13-18(29)17-34)28(9-10-36-27)41-21-6-8-26(24(33)15-21)38-30(39)37-25-7-5-19(31)14-23(25)32/h5-10,13-16,20,35H,3-4,11-12H2,1-2H3,(H2,37,38,39). The second-order valence-electron chi connectivity index (χ2n) is 9.05. The largest absolute Gasteiger partial charge is 0.491 e. The van der Waals surface area contributed by atoms with Crippen LogP contribution in [0.5, 0.6) is 17.2 Å². The molecule has 4 aromatic rings. The zero-order chi connectivity index (χ0) is 29.4. The number of urea groups is 1. The van der Waals surface area contributed by atoms with E-state index >= 15 is 0 Å². The summed E-state index contributed by atoms with van der Waals surface area (Å²) in [6, 6.07) is 12.9. The van der Waals surface area contributed by atoms with Crippen molar-refractivity contribution in [1.29, 1.82) is 5.26 Å². The van der Waals surface area contributed by atoms with E-state index in [1.54, 1.807) is 18.2 Å². The van der Waals surface area contributed by atoms with Gasteiger partial charge in [0.15, 0.2) is 0 Å². The van der Waals surface area contributed by atoms with Gasteiger partial charge in [0.05, 0.1) is 22.5 Å². The monoisotopic (exact) mass is 563 g/mol. The molecule has 0 saturated carbocycles. The highest BCUT2D eigenvalue weighted by Gasteiger charge is 2.14. The Morgan fingerprint density at radius 2 is 1.66 bits per heavy atom. The zero-order valence-corrected chi connectivity index (χ0v) is 22.4. The number of carbonyl (C=O) groups excluding carboxylic acids is 1. The summed E-state index contributed by atoms with van der Waals surface area (Å²) >= 11 is 0. The smallest absolute Gasteiger partial charge is 0.323 e. The lowest BCUT2D eigenvalue weighted by atomic mass is 10.1. The lowest BCUT2D eigenvalue weighted by Crippen LogP contribution is -2.31. The number of nitrogens with zero attached hydrogens (tertiary/aromatic N) is 2. The Bertz CT molecular complexity index is 1590. The third-order valence-electron chi connectivity index (χ3n) is 6.30. The molecule has 11 heteroatoms.